The molecule has 0 amide bonds. The molecule has 0 aliphatic carbocycles. The summed E-state index contributed by atoms with van der Waals surface area (Å²) in [6.07, 6.45) is 0.681. The molecule has 0 radical (unpaired) electrons. The van der Waals surface area contributed by atoms with E-state index in [4.69, 9.17) is 15.9 Å². The van der Waals surface area contributed by atoms with Crippen LogP contribution in [0.25, 0.3) is 11.0 Å². The van der Waals surface area contributed by atoms with E-state index in [1.807, 2.05) is 0 Å². The zero-order valence-electron chi connectivity index (χ0n) is 8.19. The number of anilines is 1. The smallest absolute Gasteiger partial charge is 0.336 e. The van der Waals surface area contributed by atoms with Crippen LogP contribution in [0.3, 0.4) is 0 Å². The van der Waals surface area contributed by atoms with Gasteiger partial charge in [0.2, 0.25) is 0 Å². The van der Waals surface area contributed by atoms with Crippen molar-refractivity contribution in [2.75, 3.05) is 12.3 Å². The second-order valence-electron chi connectivity index (χ2n) is 3.38. The summed E-state index contributed by atoms with van der Waals surface area (Å²) in [5.41, 5.74) is 13.1. The van der Waals surface area contributed by atoms with Gasteiger partial charge in [-0.2, -0.15) is 0 Å². The van der Waals surface area contributed by atoms with Crippen LogP contribution in [-0.4, -0.2) is 6.54 Å². The Morgan fingerprint density at radius 2 is 2.07 bits per heavy atom. The Morgan fingerprint density at radius 3 is 2.80 bits per heavy atom. The first-order valence-corrected chi connectivity index (χ1v) is 4.73. The largest absolute Gasteiger partial charge is 0.423 e. The first-order valence-electron chi connectivity index (χ1n) is 4.73. The Labute approximate surface area is 86.5 Å². The second-order valence-corrected chi connectivity index (χ2v) is 3.38. The van der Waals surface area contributed by atoms with Crippen molar-refractivity contribution in [3.63, 3.8) is 0 Å². The summed E-state index contributed by atoms with van der Waals surface area (Å²) in [6.45, 7) is 0.521. The van der Waals surface area contributed by atoms with E-state index in [9.17, 15) is 4.79 Å². The summed E-state index contributed by atoms with van der Waals surface area (Å²) in [5.74, 6) is 0. The Kier molecular flexibility index (Phi) is 2.43. The number of rotatable bonds is 2. The van der Waals surface area contributed by atoms with Gasteiger partial charge in [0.05, 0.1) is 0 Å². The number of hydrogen-bond donors (Lipinski definition) is 2. The monoisotopic (exact) mass is 204 g/mol. The lowest BCUT2D eigenvalue weighted by atomic mass is 10.1. The van der Waals surface area contributed by atoms with Crippen LogP contribution >= 0.6 is 0 Å². The molecule has 0 spiro atoms. The molecule has 0 fully saturated rings. The molecule has 4 N–H and O–H groups in total. The van der Waals surface area contributed by atoms with Gasteiger partial charge in [-0.3, -0.25) is 0 Å². The van der Waals surface area contributed by atoms with Gasteiger partial charge in [-0.15, -0.1) is 0 Å². The lowest BCUT2D eigenvalue weighted by Crippen LogP contribution is -2.05. The van der Waals surface area contributed by atoms with Gasteiger partial charge in [-0.05, 0) is 36.7 Å². The third kappa shape index (κ3) is 1.85. The van der Waals surface area contributed by atoms with E-state index in [-0.39, 0.29) is 5.63 Å². The van der Waals surface area contributed by atoms with Crippen LogP contribution in [0.2, 0.25) is 0 Å². The maximum Gasteiger partial charge on any atom is 0.336 e. The fourth-order valence-electron chi connectivity index (χ4n) is 1.55. The molecule has 2 rings (SSSR count). The van der Waals surface area contributed by atoms with E-state index in [0.29, 0.717) is 24.2 Å². The second kappa shape index (κ2) is 3.74. The minimum atomic E-state index is -0.356. The van der Waals surface area contributed by atoms with Crippen molar-refractivity contribution in [3.8, 4) is 0 Å². The molecule has 0 saturated carbocycles. The van der Waals surface area contributed by atoms with E-state index in [1.165, 1.54) is 6.07 Å². The van der Waals surface area contributed by atoms with E-state index < -0.39 is 0 Å². The molecule has 0 aliphatic heterocycles. The van der Waals surface area contributed by atoms with Crippen LogP contribution in [0.15, 0.2) is 33.5 Å². The van der Waals surface area contributed by atoms with Crippen molar-refractivity contribution >= 4 is 16.7 Å². The van der Waals surface area contributed by atoms with Gasteiger partial charge < -0.3 is 15.9 Å². The molecule has 4 nitrogen and oxygen atoms in total. The van der Waals surface area contributed by atoms with Crippen LogP contribution in [0, 0.1) is 0 Å². The number of hydrogen-bond acceptors (Lipinski definition) is 4. The highest BCUT2D eigenvalue weighted by molar-refractivity contribution is 5.81. The zero-order valence-corrected chi connectivity index (χ0v) is 8.19. The molecule has 0 unspecified atom stereocenters. The van der Waals surface area contributed by atoms with Crippen LogP contribution in [0.1, 0.15) is 5.56 Å². The summed E-state index contributed by atoms with van der Waals surface area (Å²) in [7, 11) is 0. The molecule has 0 bridgehead atoms. The van der Waals surface area contributed by atoms with Crippen LogP contribution in [0.4, 0.5) is 5.69 Å². The van der Waals surface area contributed by atoms with Gasteiger partial charge >= 0.3 is 5.63 Å². The van der Waals surface area contributed by atoms with Gasteiger partial charge in [0.15, 0.2) is 0 Å². The minimum absolute atomic E-state index is 0.356. The van der Waals surface area contributed by atoms with E-state index in [1.54, 1.807) is 18.2 Å². The van der Waals surface area contributed by atoms with E-state index in [0.717, 1.165) is 10.9 Å². The normalized spacial score (nSPS) is 10.7. The third-order valence-electron chi connectivity index (χ3n) is 2.29. The molecular weight excluding hydrogens is 192 g/mol. The summed E-state index contributed by atoms with van der Waals surface area (Å²) < 4.78 is 5.05. The van der Waals surface area contributed by atoms with Gasteiger partial charge in [0, 0.05) is 17.1 Å². The van der Waals surface area contributed by atoms with Crippen molar-refractivity contribution in [2.45, 2.75) is 6.42 Å². The van der Waals surface area contributed by atoms with Gasteiger partial charge in [-0.25, -0.2) is 4.79 Å². The van der Waals surface area contributed by atoms with E-state index in [2.05, 4.69) is 0 Å². The quantitative estimate of drug-likeness (QED) is 0.562. The standard InChI is InChI=1S/C11H12N2O2/c12-4-3-7-6-10-8(5-9(7)13)1-2-11(14)15-10/h1-2,5-6H,3-4,12-13H2. The molecule has 2 aromatic rings. The zero-order chi connectivity index (χ0) is 10.8. The number of fused-ring (bicyclic) bond motifs is 1. The van der Waals surface area contributed by atoms with Crippen LogP contribution in [-0.2, 0) is 6.42 Å². The number of nitrogens with two attached hydrogens (primary N) is 2. The molecule has 0 saturated heterocycles. The predicted octanol–water partition coefficient (Wildman–Crippen LogP) is 0.876. The van der Waals surface area contributed by atoms with Crippen molar-refractivity contribution in [3.05, 3.63) is 40.2 Å². The number of nitrogen functional groups attached to an aromatic ring is 1. The highest BCUT2D eigenvalue weighted by Crippen LogP contribution is 2.20. The first-order chi connectivity index (χ1) is 7.20. The Morgan fingerprint density at radius 1 is 1.27 bits per heavy atom. The van der Waals surface area contributed by atoms with E-state index >= 15 is 0 Å². The Bertz CT molecular complexity index is 546. The molecular formula is C11H12N2O2. The molecule has 1 aromatic carbocycles. The first kappa shape index (κ1) is 9.73. The Balaban J connectivity index is 2.66. The van der Waals surface area contributed by atoms with Crippen molar-refractivity contribution in [1.29, 1.82) is 0 Å². The average molecular weight is 204 g/mol. The van der Waals surface area contributed by atoms with Crippen molar-refractivity contribution in [1.82, 2.24) is 0 Å². The fourth-order valence-corrected chi connectivity index (χ4v) is 1.55. The highest BCUT2D eigenvalue weighted by Gasteiger charge is 2.03. The molecule has 4 heteroatoms. The highest BCUT2D eigenvalue weighted by atomic mass is 16.4. The molecule has 0 atom stereocenters. The average Bonchev–Trinajstić information content (AvgIpc) is 2.20. The summed E-state index contributed by atoms with van der Waals surface area (Å²) in [5, 5.41) is 0.827. The number of benzene rings is 1. The lowest BCUT2D eigenvalue weighted by molar-refractivity contribution is 0.560. The van der Waals surface area contributed by atoms with Crippen LogP contribution in [0.5, 0.6) is 0 Å². The summed E-state index contributed by atoms with van der Waals surface area (Å²) >= 11 is 0. The van der Waals surface area contributed by atoms with Crippen molar-refractivity contribution < 1.29 is 4.42 Å². The maximum absolute atomic E-state index is 11.0. The molecule has 1 aromatic heterocycles. The lowest BCUT2D eigenvalue weighted by Gasteiger charge is -2.05. The molecule has 15 heavy (non-hydrogen) atoms. The fraction of sp³-hybridized carbons (Fsp3) is 0.182. The minimum Gasteiger partial charge on any atom is -0.423 e. The van der Waals surface area contributed by atoms with Gasteiger partial charge in [0.1, 0.15) is 5.58 Å². The summed E-state index contributed by atoms with van der Waals surface area (Å²) in [4.78, 5) is 11.0. The third-order valence-corrected chi connectivity index (χ3v) is 2.29. The molecule has 1 heterocycles. The summed E-state index contributed by atoms with van der Waals surface area (Å²) in [6, 6.07) is 6.65. The van der Waals surface area contributed by atoms with Crippen molar-refractivity contribution in [2.24, 2.45) is 5.73 Å². The molecule has 78 valence electrons. The van der Waals surface area contributed by atoms with Gasteiger partial charge in [-0.1, -0.05) is 0 Å². The maximum atomic E-state index is 11.0. The topological polar surface area (TPSA) is 82.2 Å². The predicted molar refractivity (Wildman–Crippen MR) is 59.7 cm³/mol. The van der Waals surface area contributed by atoms with Crippen LogP contribution < -0.4 is 17.1 Å². The molecule has 0 aliphatic rings. The Hall–Kier alpha value is -1.81. The van der Waals surface area contributed by atoms with Gasteiger partial charge in [0.25, 0.3) is 0 Å². The SMILES string of the molecule is NCCc1cc2oc(=O)ccc2cc1N.